The Morgan fingerprint density at radius 3 is 3.05 bits per heavy atom. The van der Waals surface area contributed by atoms with E-state index >= 15 is 0 Å². The average molecular weight is 295 g/mol. The third-order valence-electron chi connectivity index (χ3n) is 3.53. The van der Waals surface area contributed by atoms with Crippen LogP contribution >= 0.6 is 0 Å². The van der Waals surface area contributed by atoms with Crippen molar-refractivity contribution < 1.29 is 19.1 Å². The number of urea groups is 1. The van der Waals surface area contributed by atoms with Crippen LogP contribution in [0.4, 0.5) is 4.79 Å². The molecule has 21 heavy (non-hydrogen) atoms. The van der Waals surface area contributed by atoms with Crippen molar-refractivity contribution in [1.29, 1.82) is 0 Å². The number of nitrogens with one attached hydrogen (secondary N) is 2. The number of carbonyl (C=O) groups excluding carboxylic acids is 2. The molecular formula is C14H21N3O4. The van der Waals surface area contributed by atoms with E-state index in [1.807, 2.05) is 4.90 Å². The van der Waals surface area contributed by atoms with Crippen molar-refractivity contribution in [3.05, 3.63) is 24.2 Å². The molecule has 0 bridgehead atoms. The van der Waals surface area contributed by atoms with E-state index in [1.54, 1.807) is 12.1 Å². The van der Waals surface area contributed by atoms with Gasteiger partial charge in [-0.1, -0.05) is 0 Å². The van der Waals surface area contributed by atoms with Gasteiger partial charge in [-0.05, 0) is 37.4 Å². The van der Waals surface area contributed by atoms with Gasteiger partial charge in [0.25, 0.3) is 0 Å². The number of likely N-dealkylation sites (tertiary alicyclic amines) is 1. The molecule has 1 aromatic rings. The molecular weight excluding hydrogens is 274 g/mol. The molecule has 0 spiro atoms. The molecule has 7 nitrogen and oxygen atoms in total. The zero-order valence-electron chi connectivity index (χ0n) is 11.9. The standard InChI is InChI=1S/C14H21N3O4/c18-6-4-11-3-5-17(9-11)10-13(19)16-14(20)15-8-12-2-1-7-21-12/h1-2,7,11,18H,3-6,8-10H2,(H2,15,16,19,20). The Morgan fingerprint density at radius 1 is 1.48 bits per heavy atom. The lowest BCUT2D eigenvalue weighted by atomic mass is 10.1. The maximum atomic E-state index is 11.7. The van der Waals surface area contributed by atoms with Crippen LogP contribution in [0, 0.1) is 5.92 Å². The summed E-state index contributed by atoms with van der Waals surface area (Å²) in [7, 11) is 0. The van der Waals surface area contributed by atoms with Crippen LogP contribution < -0.4 is 10.6 Å². The van der Waals surface area contributed by atoms with Gasteiger partial charge in [-0.25, -0.2) is 4.79 Å². The van der Waals surface area contributed by atoms with Crippen molar-refractivity contribution >= 4 is 11.9 Å². The number of aliphatic hydroxyl groups excluding tert-OH is 1. The van der Waals surface area contributed by atoms with Gasteiger partial charge in [0.2, 0.25) is 5.91 Å². The Labute approximate surface area is 123 Å². The molecule has 3 amide bonds. The molecule has 116 valence electrons. The average Bonchev–Trinajstić information content (AvgIpc) is 3.08. The van der Waals surface area contributed by atoms with Crippen molar-refractivity contribution in [2.24, 2.45) is 5.92 Å². The van der Waals surface area contributed by atoms with Gasteiger partial charge >= 0.3 is 6.03 Å². The molecule has 1 aromatic heterocycles. The van der Waals surface area contributed by atoms with Crippen LogP contribution in [0.2, 0.25) is 0 Å². The lowest BCUT2D eigenvalue weighted by Gasteiger charge is -2.15. The van der Waals surface area contributed by atoms with Crippen LogP contribution in [0.25, 0.3) is 0 Å². The highest BCUT2D eigenvalue weighted by Crippen LogP contribution is 2.18. The smallest absolute Gasteiger partial charge is 0.321 e. The number of furan rings is 1. The minimum atomic E-state index is -0.525. The first-order chi connectivity index (χ1) is 10.2. The van der Waals surface area contributed by atoms with Crippen LogP contribution in [-0.4, -0.2) is 48.2 Å². The molecule has 0 radical (unpaired) electrons. The summed E-state index contributed by atoms with van der Waals surface area (Å²) in [5.74, 6) is 0.746. The third kappa shape index (κ3) is 5.20. The second kappa shape index (κ2) is 7.80. The van der Waals surface area contributed by atoms with Gasteiger partial charge in [-0.3, -0.25) is 15.0 Å². The second-order valence-electron chi connectivity index (χ2n) is 5.21. The highest BCUT2D eigenvalue weighted by atomic mass is 16.3. The van der Waals surface area contributed by atoms with Crippen molar-refractivity contribution in [3.63, 3.8) is 0 Å². The Hall–Kier alpha value is -1.86. The lowest BCUT2D eigenvalue weighted by Crippen LogP contribution is -2.43. The molecule has 1 fully saturated rings. The van der Waals surface area contributed by atoms with E-state index in [0.717, 1.165) is 25.9 Å². The number of hydrogen-bond acceptors (Lipinski definition) is 5. The van der Waals surface area contributed by atoms with E-state index in [1.165, 1.54) is 6.26 Å². The largest absolute Gasteiger partial charge is 0.467 e. The highest BCUT2D eigenvalue weighted by molar-refractivity contribution is 5.95. The van der Waals surface area contributed by atoms with E-state index in [9.17, 15) is 9.59 Å². The predicted octanol–water partition coefficient (Wildman–Crippen LogP) is 0.310. The predicted molar refractivity (Wildman–Crippen MR) is 75.3 cm³/mol. The van der Waals surface area contributed by atoms with E-state index in [0.29, 0.717) is 11.7 Å². The SMILES string of the molecule is O=C(CN1CCC(CCO)C1)NC(=O)NCc1ccco1. The minimum absolute atomic E-state index is 0.180. The Bertz CT molecular complexity index is 461. The summed E-state index contributed by atoms with van der Waals surface area (Å²) in [6.45, 7) is 2.25. The molecule has 0 aromatic carbocycles. The summed E-state index contributed by atoms with van der Waals surface area (Å²) in [6.07, 6.45) is 3.27. The molecule has 0 saturated carbocycles. The highest BCUT2D eigenvalue weighted by Gasteiger charge is 2.23. The van der Waals surface area contributed by atoms with Gasteiger partial charge < -0.3 is 14.8 Å². The number of carbonyl (C=O) groups is 2. The summed E-state index contributed by atoms with van der Waals surface area (Å²) in [5, 5.41) is 13.7. The van der Waals surface area contributed by atoms with Gasteiger partial charge in [-0.2, -0.15) is 0 Å². The summed E-state index contributed by atoms with van der Waals surface area (Å²) in [5.41, 5.74) is 0. The molecule has 7 heteroatoms. The van der Waals surface area contributed by atoms with Crippen LogP contribution in [0.1, 0.15) is 18.6 Å². The van der Waals surface area contributed by atoms with Gasteiger partial charge in [-0.15, -0.1) is 0 Å². The fraction of sp³-hybridized carbons (Fsp3) is 0.571. The van der Waals surface area contributed by atoms with E-state index in [-0.39, 0.29) is 25.6 Å². The number of rotatable bonds is 6. The molecule has 2 heterocycles. The first-order valence-corrected chi connectivity index (χ1v) is 7.10. The zero-order valence-corrected chi connectivity index (χ0v) is 11.9. The third-order valence-corrected chi connectivity index (χ3v) is 3.53. The summed E-state index contributed by atoms with van der Waals surface area (Å²) in [6, 6.07) is 2.95. The van der Waals surface area contributed by atoms with E-state index in [2.05, 4.69) is 10.6 Å². The quantitative estimate of drug-likeness (QED) is 0.702. The molecule has 1 atom stereocenters. The first-order valence-electron chi connectivity index (χ1n) is 7.10. The van der Waals surface area contributed by atoms with E-state index in [4.69, 9.17) is 9.52 Å². The summed E-state index contributed by atoms with van der Waals surface area (Å²) in [4.78, 5) is 25.3. The van der Waals surface area contributed by atoms with Crippen LogP contribution in [0.15, 0.2) is 22.8 Å². The molecule has 1 aliphatic rings. The van der Waals surface area contributed by atoms with Gasteiger partial charge in [0, 0.05) is 13.2 Å². The van der Waals surface area contributed by atoms with Crippen molar-refractivity contribution in [2.75, 3.05) is 26.2 Å². The van der Waals surface area contributed by atoms with Crippen molar-refractivity contribution in [3.8, 4) is 0 Å². The molecule has 1 unspecified atom stereocenters. The van der Waals surface area contributed by atoms with Gasteiger partial charge in [0.1, 0.15) is 5.76 Å². The number of imide groups is 1. The van der Waals surface area contributed by atoms with Crippen molar-refractivity contribution in [2.45, 2.75) is 19.4 Å². The molecule has 1 aliphatic heterocycles. The fourth-order valence-corrected chi connectivity index (χ4v) is 2.47. The number of amides is 3. The Balaban J connectivity index is 1.64. The zero-order chi connectivity index (χ0) is 15.1. The normalized spacial score (nSPS) is 18.6. The maximum absolute atomic E-state index is 11.7. The topological polar surface area (TPSA) is 94.8 Å². The minimum Gasteiger partial charge on any atom is -0.467 e. The van der Waals surface area contributed by atoms with Crippen LogP contribution in [0.5, 0.6) is 0 Å². The molecule has 2 rings (SSSR count). The fourth-order valence-electron chi connectivity index (χ4n) is 2.47. The first kappa shape index (κ1) is 15.5. The Morgan fingerprint density at radius 2 is 2.33 bits per heavy atom. The monoisotopic (exact) mass is 295 g/mol. The maximum Gasteiger partial charge on any atom is 0.321 e. The summed E-state index contributed by atoms with van der Waals surface area (Å²) >= 11 is 0. The Kier molecular flexibility index (Phi) is 5.77. The molecule has 3 N–H and O–H groups in total. The van der Waals surface area contributed by atoms with E-state index < -0.39 is 6.03 Å². The van der Waals surface area contributed by atoms with Gasteiger partial charge in [0.05, 0.1) is 19.4 Å². The van der Waals surface area contributed by atoms with Crippen LogP contribution in [0.3, 0.4) is 0 Å². The second-order valence-corrected chi connectivity index (χ2v) is 5.21. The number of aliphatic hydroxyl groups is 1. The number of nitrogens with zero attached hydrogens (tertiary/aromatic N) is 1. The lowest BCUT2D eigenvalue weighted by molar-refractivity contribution is -0.120. The van der Waals surface area contributed by atoms with Crippen LogP contribution in [-0.2, 0) is 11.3 Å². The van der Waals surface area contributed by atoms with Gasteiger partial charge in [0.15, 0.2) is 0 Å². The summed E-state index contributed by atoms with van der Waals surface area (Å²) < 4.78 is 5.08. The molecule has 0 aliphatic carbocycles. The van der Waals surface area contributed by atoms with Crippen molar-refractivity contribution in [1.82, 2.24) is 15.5 Å². The number of hydrogen-bond donors (Lipinski definition) is 3. The molecule has 1 saturated heterocycles.